The summed E-state index contributed by atoms with van der Waals surface area (Å²) in [5.41, 5.74) is 5.59. The Morgan fingerprint density at radius 1 is 0.952 bits per heavy atom. The molecule has 229 valence electrons. The number of hydroxylamine groups is 1. The molecule has 1 atom stereocenters. The molecule has 0 unspecified atom stereocenters. The largest absolute Gasteiger partial charge is 0.480 e. The molecule has 0 saturated heterocycles. The lowest BCUT2D eigenvalue weighted by atomic mass is 9.98. The van der Waals surface area contributed by atoms with E-state index in [-0.39, 0.29) is 18.3 Å². The average Bonchev–Trinajstić information content (AvgIpc) is 3.21. The number of rotatable bonds is 13. The summed E-state index contributed by atoms with van der Waals surface area (Å²) < 4.78 is 5.25. The second kappa shape index (κ2) is 15.0. The highest BCUT2D eigenvalue weighted by Crippen LogP contribution is 2.45. The van der Waals surface area contributed by atoms with E-state index in [1.165, 1.54) is 0 Å². The van der Waals surface area contributed by atoms with Crippen LogP contribution in [0, 0.1) is 6.61 Å². The van der Waals surface area contributed by atoms with E-state index in [9.17, 15) is 14.7 Å². The Labute approximate surface area is 246 Å². The first-order valence-corrected chi connectivity index (χ1v) is 13.8. The third-order valence-corrected chi connectivity index (χ3v) is 5.86. The van der Waals surface area contributed by atoms with Gasteiger partial charge in [-0.15, -0.1) is 4.99 Å². The fourth-order valence-electron chi connectivity index (χ4n) is 4.09. The number of hydrogen-bond donors (Lipinski definition) is 4. The second-order valence-corrected chi connectivity index (χ2v) is 11.7. The fourth-order valence-corrected chi connectivity index (χ4v) is 4.09. The highest BCUT2D eigenvalue weighted by molar-refractivity contribution is 5.93. The van der Waals surface area contributed by atoms with Gasteiger partial charge in [0, 0.05) is 12.5 Å². The van der Waals surface area contributed by atoms with Crippen molar-refractivity contribution in [3.05, 3.63) is 66.3 Å². The smallest absolute Gasteiger partial charge is 0.414 e. The van der Waals surface area contributed by atoms with Gasteiger partial charge in [0.2, 0.25) is 5.96 Å². The van der Waals surface area contributed by atoms with Gasteiger partial charge in [0.1, 0.15) is 23.9 Å². The topological polar surface area (TPSA) is 149 Å². The number of carboxylic acids is 1. The average molecular weight is 586 g/mol. The highest BCUT2D eigenvalue weighted by Gasteiger charge is 2.29. The fraction of sp³-hybridized carbons (Fsp3) is 0.467. The molecule has 4 N–H and O–H groups in total. The number of nitrogens with one attached hydrogen (secondary N) is 3. The molecule has 42 heavy (non-hydrogen) atoms. The lowest BCUT2D eigenvalue weighted by Gasteiger charge is -2.20. The quantitative estimate of drug-likeness (QED) is 0.0815. The van der Waals surface area contributed by atoms with Gasteiger partial charge in [-0.2, -0.15) is 10.4 Å². The number of alkyl carbamates (subject to hydrolysis) is 1. The predicted octanol–water partition coefficient (Wildman–Crippen LogP) is 5.17. The summed E-state index contributed by atoms with van der Waals surface area (Å²) in [6, 6.07) is 15.1. The Morgan fingerprint density at radius 3 is 2.14 bits per heavy atom. The molecule has 0 aliphatic heterocycles. The molecule has 0 saturated carbocycles. The number of guanidine groups is 1. The van der Waals surface area contributed by atoms with Crippen molar-refractivity contribution in [3.63, 3.8) is 0 Å². The lowest BCUT2D eigenvalue weighted by molar-refractivity contribution is -0.350. The second-order valence-electron chi connectivity index (χ2n) is 11.7. The first-order chi connectivity index (χ1) is 19.8. The monoisotopic (exact) mass is 585 g/mol. The van der Waals surface area contributed by atoms with Crippen molar-refractivity contribution in [2.24, 2.45) is 5.16 Å². The minimum Gasteiger partial charge on any atom is -0.480 e. The molecule has 0 spiro atoms. The normalized spacial score (nSPS) is 14.1. The van der Waals surface area contributed by atoms with E-state index < -0.39 is 29.3 Å². The van der Waals surface area contributed by atoms with Crippen LogP contribution in [0.4, 0.5) is 4.79 Å². The third-order valence-electron chi connectivity index (χ3n) is 5.86. The van der Waals surface area contributed by atoms with Gasteiger partial charge in [-0.05, 0) is 88.2 Å². The van der Waals surface area contributed by atoms with Gasteiger partial charge in [0.25, 0.3) is 0 Å². The Bertz CT molecular complexity index is 1180. The summed E-state index contributed by atoms with van der Waals surface area (Å²) in [6.07, 6.45) is 0.586. The minimum atomic E-state index is -1.08. The molecule has 1 radical (unpaired) electrons. The van der Waals surface area contributed by atoms with Gasteiger partial charge < -0.3 is 15.2 Å². The molecule has 3 rings (SSSR count). The zero-order valence-electron chi connectivity index (χ0n) is 24.9. The van der Waals surface area contributed by atoms with Crippen molar-refractivity contribution < 1.29 is 39.2 Å². The van der Waals surface area contributed by atoms with Crippen molar-refractivity contribution >= 4 is 18.0 Å². The van der Waals surface area contributed by atoms with E-state index in [1.807, 2.05) is 36.4 Å². The van der Waals surface area contributed by atoms with Crippen LogP contribution in [-0.4, -0.2) is 46.9 Å². The van der Waals surface area contributed by atoms with Crippen LogP contribution in [0.15, 0.2) is 53.7 Å². The SMILES string of the molecule is CC(C)(C)OON=C(NCCCC[C@H](NOO[CH]C1c2ccccc2-c2ccccc21)C(=O)O)NC(=O)OC(C)(C)C. The Balaban J connectivity index is 1.43. The van der Waals surface area contributed by atoms with Gasteiger partial charge in [0.05, 0.1) is 0 Å². The molecule has 1 amide bonds. The standard InChI is InChI=1S/C30H41N4O8/c1-29(2,3)39-28(37)32-27(34-42-40-30(4,5)6)31-18-12-11-17-25(26(35)36)33-41-38-19-24-22-15-9-7-13-20(22)21-14-8-10-16-23(21)24/h7-10,13-16,19,24-25,33H,11-12,17-18H2,1-6H3,(H,35,36)(H2,31,32,34,37)/t25-/m0/s1. The number of nitrogens with zero attached hydrogens (tertiary/aromatic N) is 1. The summed E-state index contributed by atoms with van der Waals surface area (Å²) in [4.78, 5) is 44.3. The van der Waals surface area contributed by atoms with Gasteiger partial charge in [0.15, 0.2) is 0 Å². The number of unbranched alkanes of at least 4 members (excludes halogenated alkanes) is 1. The van der Waals surface area contributed by atoms with Crippen LogP contribution >= 0.6 is 0 Å². The Hall–Kier alpha value is -3.71. The molecule has 2 aromatic rings. The van der Waals surface area contributed by atoms with Crippen LogP contribution in [0.25, 0.3) is 11.1 Å². The Morgan fingerprint density at radius 2 is 1.57 bits per heavy atom. The van der Waals surface area contributed by atoms with E-state index >= 15 is 0 Å². The number of amides is 1. The summed E-state index contributed by atoms with van der Waals surface area (Å²) in [5, 5.41) is 18.8. The maximum atomic E-state index is 12.2. The molecule has 0 fully saturated rings. The number of oxime groups is 1. The van der Waals surface area contributed by atoms with Gasteiger partial charge in [-0.25, -0.2) is 14.7 Å². The maximum Gasteiger partial charge on any atom is 0.414 e. The summed E-state index contributed by atoms with van der Waals surface area (Å²) in [5.74, 6) is -1.23. The van der Waals surface area contributed by atoms with E-state index in [1.54, 1.807) is 48.1 Å². The first kappa shape index (κ1) is 32.8. The van der Waals surface area contributed by atoms with Crippen LogP contribution in [0.1, 0.15) is 77.8 Å². The van der Waals surface area contributed by atoms with Crippen LogP contribution in [0.5, 0.6) is 0 Å². The Kier molecular flexibility index (Phi) is 11.7. The molecule has 0 heterocycles. The maximum absolute atomic E-state index is 12.2. The van der Waals surface area contributed by atoms with Crippen LogP contribution in [0.2, 0.25) is 0 Å². The van der Waals surface area contributed by atoms with Crippen molar-refractivity contribution in [1.29, 1.82) is 0 Å². The summed E-state index contributed by atoms with van der Waals surface area (Å²) >= 11 is 0. The van der Waals surface area contributed by atoms with E-state index in [4.69, 9.17) is 24.5 Å². The number of carbonyl (C=O) groups excluding carboxylic acids is 1. The number of fused-ring (bicyclic) bond motifs is 3. The molecular weight excluding hydrogens is 544 g/mol. The van der Waals surface area contributed by atoms with E-state index in [0.29, 0.717) is 19.4 Å². The van der Waals surface area contributed by atoms with E-state index in [0.717, 1.165) is 22.3 Å². The number of hydrogen-bond acceptors (Lipinski definition) is 9. The van der Waals surface area contributed by atoms with Crippen LogP contribution < -0.4 is 16.1 Å². The molecule has 1 aliphatic rings. The number of carboxylic acid groups (broad SMARTS) is 1. The lowest BCUT2D eigenvalue weighted by Crippen LogP contribution is -2.44. The third kappa shape index (κ3) is 10.6. The number of carbonyl (C=O) groups is 2. The van der Waals surface area contributed by atoms with E-state index in [2.05, 4.69) is 33.4 Å². The summed E-state index contributed by atoms with van der Waals surface area (Å²) in [7, 11) is 0. The minimum absolute atomic E-state index is 0.0104. The predicted molar refractivity (Wildman–Crippen MR) is 155 cm³/mol. The molecule has 1 aliphatic carbocycles. The highest BCUT2D eigenvalue weighted by atomic mass is 17.3. The number of aliphatic carboxylic acids is 1. The zero-order chi connectivity index (χ0) is 30.8. The first-order valence-electron chi connectivity index (χ1n) is 13.8. The van der Waals surface area contributed by atoms with Crippen molar-refractivity contribution in [2.45, 2.75) is 84.0 Å². The zero-order valence-corrected chi connectivity index (χ0v) is 24.9. The van der Waals surface area contributed by atoms with Gasteiger partial charge >= 0.3 is 12.1 Å². The molecule has 0 aromatic heterocycles. The van der Waals surface area contributed by atoms with Gasteiger partial charge in [-0.1, -0.05) is 48.5 Å². The number of benzene rings is 2. The summed E-state index contributed by atoms with van der Waals surface area (Å²) in [6.45, 7) is 12.5. The van der Waals surface area contributed by atoms with Crippen molar-refractivity contribution in [3.8, 4) is 11.1 Å². The molecular formula is C30H41N4O8. The van der Waals surface area contributed by atoms with Gasteiger partial charge in [-0.3, -0.25) is 10.1 Å². The molecule has 12 heteroatoms. The molecule has 0 bridgehead atoms. The molecule has 12 nitrogen and oxygen atoms in total. The number of ether oxygens (including phenoxy) is 1. The van der Waals surface area contributed by atoms with Crippen LogP contribution in [-0.2, 0) is 29.3 Å². The molecule has 2 aromatic carbocycles. The van der Waals surface area contributed by atoms with Crippen LogP contribution in [0.3, 0.4) is 0 Å². The van der Waals surface area contributed by atoms with Crippen molar-refractivity contribution in [2.75, 3.05) is 6.54 Å². The van der Waals surface area contributed by atoms with Crippen molar-refractivity contribution in [1.82, 2.24) is 16.1 Å².